The first-order chi connectivity index (χ1) is 13.4. The molecule has 1 atom stereocenters. The highest BCUT2D eigenvalue weighted by molar-refractivity contribution is 7.99. The molecule has 136 valence electrons. The topological polar surface area (TPSA) is 78.6 Å². The van der Waals surface area contributed by atoms with Gasteiger partial charge in [-0.05, 0) is 46.7 Å². The maximum absolute atomic E-state index is 5.70. The molecule has 0 bridgehead atoms. The molecule has 0 saturated carbocycles. The van der Waals surface area contributed by atoms with Crippen molar-refractivity contribution in [2.24, 2.45) is 0 Å². The molecular weight excluding hydrogens is 380 g/mol. The molecule has 0 radical (unpaired) electrons. The Kier molecular flexibility index (Phi) is 4.56. The second-order valence-electron chi connectivity index (χ2n) is 6.25. The van der Waals surface area contributed by atoms with Gasteiger partial charge in [0.1, 0.15) is 16.2 Å². The fourth-order valence-electron chi connectivity index (χ4n) is 3.11. The summed E-state index contributed by atoms with van der Waals surface area (Å²) in [4.78, 5) is 11.1. The zero-order valence-electron chi connectivity index (χ0n) is 14.4. The van der Waals surface area contributed by atoms with Crippen molar-refractivity contribution in [2.75, 3.05) is 6.61 Å². The van der Waals surface area contributed by atoms with Crippen molar-refractivity contribution < 1.29 is 4.74 Å². The minimum absolute atomic E-state index is 0.184. The smallest absolute Gasteiger partial charge is 0.215 e. The molecule has 7 nitrogen and oxygen atoms in total. The van der Waals surface area contributed by atoms with Crippen LogP contribution in [0, 0.1) is 0 Å². The standard InChI is InChI=1S/C18H16N6OS2/c1-2-5-12(6-3-1)15-9-14-16(26-15)19-11-20-17(14)27-18-21-22-23-24(18)10-13-7-4-8-25-13/h1-3,5-6,9,11,13H,4,7-8,10H2/t13-/m0/s1. The molecule has 1 aromatic carbocycles. The van der Waals surface area contributed by atoms with E-state index in [0.717, 1.165) is 39.8 Å². The van der Waals surface area contributed by atoms with Crippen LogP contribution in [0.2, 0.25) is 0 Å². The molecule has 0 aliphatic carbocycles. The van der Waals surface area contributed by atoms with Crippen LogP contribution in [0.3, 0.4) is 0 Å². The van der Waals surface area contributed by atoms with Gasteiger partial charge >= 0.3 is 0 Å². The van der Waals surface area contributed by atoms with Crippen molar-refractivity contribution in [1.29, 1.82) is 0 Å². The average molecular weight is 397 g/mol. The summed E-state index contributed by atoms with van der Waals surface area (Å²) >= 11 is 3.13. The molecule has 1 aliphatic rings. The molecule has 0 N–H and O–H groups in total. The van der Waals surface area contributed by atoms with E-state index in [2.05, 4.69) is 43.7 Å². The van der Waals surface area contributed by atoms with Crippen molar-refractivity contribution in [3.63, 3.8) is 0 Å². The number of thiophene rings is 1. The Hall–Kier alpha value is -2.36. The first-order valence-corrected chi connectivity index (χ1v) is 10.4. The van der Waals surface area contributed by atoms with Gasteiger partial charge in [0, 0.05) is 16.9 Å². The van der Waals surface area contributed by atoms with Gasteiger partial charge in [-0.15, -0.1) is 16.4 Å². The number of fused-ring (bicyclic) bond motifs is 1. The SMILES string of the molecule is c1ccc(-c2cc3c(Sc4nnnn4C[C@@H]4CCCO4)ncnc3s2)cc1. The molecule has 9 heteroatoms. The number of rotatable bonds is 5. The lowest BCUT2D eigenvalue weighted by molar-refractivity contribution is 0.0912. The highest BCUT2D eigenvalue weighted by Gasteiger charge is 2.20. The van der Waals surface area contributed by atoms with Gasteiger partial charge in [-0.3, -0.25) is 0 Å². The summed E-state index contributed by atoms with van der Waals surface area (Å²) in [5.41, 5.74) is 1.18. The lowest BCUT2D eigenvalue weighted by Gasteiger charge is -2.09. The van der Waals surface area contributed by atoms with Gasteiger partial charge in [-0.2, -0.15) is 0 Å². The largest absolute Gasteiger partial charge is 0.376 e. The van der Waals surface area contributed by atoms with E-state index in [1.807, 2.05) is 18.2 Å². The van der Waals surface area contributed by atoms with Crippen LogP contribution in [0.5, 0.6) is 0 Å². The van der Waals surface area contributed by atoms with Crippen LogP contribution in [-0.4, -0.2) is 42.9 Å². The zero-order chi connectivity index (χ0) is 18.1. The Labute approximate surface area is 163 Å². The van der Waals surface area contributed by atoms with Gasteiger partial charge in [0.05, 0.1) is 12.6 Å². The van der Waals surface area contributed by atoms with Crippen LogP contribution in [0.15, 0.2) is 52.9 Å². The first kappa shape index (κ1) is 16.8. The van der Waals surface area contributed by atoms with E-state index < -0.39 is 0 Å². The summed E-state index contributed by atoms with van der Waals surface area (Å²) in [6.07, 6.45) is 3.93. The maximum atomic E-state index is 5.70. The highest BCUT2D eigenvalue weighted by atomic mass is 32.2. The van der Waals surface area contributed by atoms with Crippen LogP contribution < -0.4 is 0 Å². The second kappa shape index (κ2) is 7.34. The fourth-order valence-corrected chi connectivity index (χ4v) is 5.01. The maximum Gasteiger partial charge on any atom is 0.215 e. The van der Waals surface area contributed by atoms with E-state index in [1.54, 1.807) is 22.3 Å². The lowest BCUT2D eigenvalue weighted by atomic mass is 10.2. The molecule has 4 heterocycles. The van der Waals surface area contributed by atoms with Crippen molar-refractivity contribution in [3.8, 4) is 10.4 Å². The third-order valence-electron chi connectivity index (χ3n) is 4.44. The summed E-state index contributed by atoms with van der Waals surface area (Å²) in [6, 6.07) is 12.5. The Morgan fingerprint density at radius 1 is 1.22 bits per heavy atom. The Bertz CT molecular complexity index is 1060. The number of hydrogen-bond donors (Lipinski definition) is 0. The van der Waals surface area contributed by atoms with Crippen LogP contribution in [0.4, 0.5) is 0 Å². The van der Waals surface area contributed by atoms with Gasteiger partial charge in [-0.25, -0.2) is 14.6 Å². The summed E-state index contributed by atoms with van der Waals surface area (Å²) in [5.74, 6) is 0. The second-order valence-corrected chi connectivity index (χ2v) is 8.24. The predicted octanol–water partition coefficient (Wildman–Crippen LogP) is 3.68. The Morgan fingerprint density at radius 2 is 2.15 bits per heavy atom. The molecule has 3 aromatic heterocycles. The number of tetrazole rings is 1. The Morgan fingerprint density at radius 3 is 3.00 bits per heavy atom. The lowest BCUT2D eigenvalue weighted by Crippen LogP contribution is -2.16. The number of aromatic nitrogens is 6. The minimum atomic E-state index is 0.184. The zero-order valence-corrected chi connectivity index (χ0v) is 16.0. The van der Waals surface area contributed by atoms with Crippen LogP contribution in [0.25, 0.3) is 20.7 Å². The van der Waals surface area contributed by atoms with Crippen LogP contribution >= 0.6 is 23.1 Å². The molecule has 4 aromatic rings. The summed E-state index contributed by atoms with van der Waals surface area (Å²) in [5, 5.41) is 14.7. The molecule has 5 rings (SSSR count). The third kappa shape index (κ3) is 3.45. The number of benzene rings is 1. The quantitative estimate of drug-likeness (QED) is 0.476. The summed E-state index contributed by atoms with van der Waals surface area (Å²) < 4.78 is 7.51. The van der Waals surface area contributed by atoms with E-state index >= 15 is 0 Å². The number of ether oxygens (including phenoxy) is 1. The van der Waals surface area contributed by atoms with Gasteiger partial charge in [-0.1, -0.05) is 30.3 Å². The summed E-state index contributed by atoms with van der Waals surface area (Å²) in [6.45, 7) is 1.49. The Balaban J connectivity index is 1.46. The van der Waals surface area contributed by atoms with E-state index in [-0.39, 0.29) is 6.10 Å². The minimum Gasteiger partial charge on any atom is -0.376 e. The molecule has 1 saturated heterocycles. The molecule has 27 heavy (non-hydrogen) atoms. The fraction of sp³-hybridized carbons (Fsp3) is 0.278. The number of nitrogens with zero attached hydrogens (tertiary/aromatic N) is 6. The van der Waals surface area contributed by atoms with Crippen molar-refractivity contribution in [2.45, 2.75) is 35.7 Å². The monoisotopic (exact) mass is 396 g/mol. The molecular formula is C18H16N6OS2. The number of hydrogen-bond acceptors (Lipinski definition) is 8. The van der Waals surface area contributed by atoms with Gasteiger partial charge in [0.25, 0.3) is 0 Å². The first-order valence-electron chi connectivity index (χ1n) is 8.72. The van der Waals surface area contributed by atoms with Gasteiger partial charge in [0.2, 0.25) is 5.16 Å². The highest BCUT2D eigenvalue weighted by Crippen LogP contribution is 2.37. The van der Waals surface area contributed by atoms with Crippen LogP contribution in [0.1, 0.15) is 12.8 Å². The van der Waals surface area contributed by atoms with E-state index in [4.69, 9.17) is 4.74 Å². The van der Waals surface area contributed by atoms with Crippen LogP contribution in [-0.2, 0) is 11.3 Å². The predicted molar refractivity (Wildman–Crippen MR) is 104 cm³/mol. The average Bonchev–Trinajstić information content (AvgIpc) is 3.45. The van der Waals surface area contributed by atoms with E-state index in [0.29, 0.717) is 6.54 Å². The summed E-state index contributed by atoms with van der Waals surface area (Å²) in [7, 11) is 0. The normalized spacial score (nSPS) is 17.0. The van der Waals surface area contributed by atoms with Gasteiger partial charge in [0.15, 0.2) is 0 Å². The third-order valence-corrected chi connectivity index (χ3v) is 6.52. The van der Waals surface area contributed by atoms with E-state index in [1.165, 1.54) is 22.2 Å². The van der Waals surface area contributed by atoms with Crippen molar-refractivity contribution >= 4 is 33.3 Å². The molecule has 1 fully saturated rings. The van der Waals surface area contributed by atoms with E-state index in [9.17, 15) is 0 Å². The molecule has 1 aliphatic heterocycles. The molecule has 0 unspecified atom stereocenters. The molecule has 0 spiro atoms. The van der Waals surface area contributed by atoms with Crippen molar-refractivity contribution in [3.05, 3.63) is 42.7 Å². The van der Waals surface area contributed by atoms with Crippen molar-refractivity contribution in [1.82, 2.24) is 30.2 Å². The van der Waals surface area contributed by atoms with Gasteiger partial charge < -0.3 is 4.74 Å². The molecule has 0 amide bonds.